The van der Waals surface area contributed by atoms with Gasteiger partial charge in [0.1, 0.15) is 5.69 Å². The molecule has 0 fully saturated rings. The van der Waals surface area contributed by atoms with E-state index in [1.807, 2.05) is 12.3 Å². The van der Waals surface area contributed by atoms with Crippen LogP contribution < -0.4 is 0 Å². The number of benzene rings is 1. The van der Waals surface area contributed by atoms with Crippen molar-refractivity contribution in [2.24, 2.45) is 0 Å². The molecule has 5 heteroatoms. The number of rotatable bonds is 4. The Kier molecular flexibility index (Phi) is 4.17. The lowest BCUT2D eigenvalue weighted by molar-refractivity contribution is 0.397. The summed E-state index contributed by atoms with van der Waals surface area (Å²) in [5.41, 5.74) is 7.71. The van der Waals surface area contributed by atoms with Gasteiger partial charge in [-0.15, -0.1) is 0 Å². The second-order valence-corrected chi connectivity index (χ2v) is 7.62. The lowest BCUT2D eigenvalue weighted by Crippen LogP contribution is -2.12. The van der Waals surface area contributed by atoms with Gasteiger partial charge in [0.25, 0.3) is 0 Å². The van der Waals surface area contributed by atoms with E-state index in [1.54, 1.807) is 0 Å². The van der Waals surface area contributed by atoms with Crippen molar-refractivity contribution < 1.29 is 0 Å². The van der Waals surface area contributed by atoms with Crippen molar-refractivity contribution in [1.29, 1.82) is 0 Å². The average Bonchev–Trinajstić information content (AvgIpc) is 3.28. The standard InChI is InChI=1S/C23H23N5/c1-27(2)15-16-7-5-10-20(25-16)23-22(21-11-6-14-28(21)26-23)18-12-13-24-19-9-4-3-8-17(18)19/h3-5,7-10,12-13H,6,11,14-15H2,1-2H3. The molecule has 4 aromatic rings. The van der Waals surface area contributed by atoms with E-state index in [4.69, 9.17) is 10.1 Å². The molecule has 0 saturated carbocycles. The van der Waals surface area contributed by atoms with Crippen LogP contribution in [0.25, 0.3) is 33.4 Å². The van der Waals surface area contributed by atoms with E-state index in [9.17, 15) is 0 Å². The van der Waals surface area contributed by atoms with E-state index in [0.717, 1.165) is 48.5 Å². The van der Waals surface area contributed by atoms with Crippen LogP contribution in [-0.4, -0.2) is 38.7 Å². The number of pyridine rings is 2. The summed E-state index contributed by atoms with van der Waals surface area (Å²) in [4.78, 5) is 11.6. The second-order valence-electron chi connectivity index (χ2n) is 7.62. The van der Waals surface area contributed by atoms with Gasteiger partial charge in [-0.25, -0.2) is 4.98 Å². The number of aryl methyl sites for hydroxylation is 1. The van der Waals surface area contributed by atoms with Gasteiger partial charge in [0.15, 0.2) is 0 Å². The predicted molar refractivity (Wildman–Crippen MR) is 112 cm³/mol. The predicted octanol–water partition coefficient (Wildman–Crippen LogP) is 4.17. The molecule has 0 spiro atoms. The first-order valence-corrected chi connectivity index (χ1v) is 9.75. The molecule has 5 nitrogen and oxygen atoms in total. The van der Waals surface area contributed by atoms with E-state index in [-0.39, 0.29) is 0 Å². The average molecular weight is 369 g/mol. The van der Waals surface area contributed by atoms with Gasteiger partial charge >= 0.3 is 0 Å². The minimum Gasteiger partial charge on any atom is -0.304 e. The number of nitrogens with zero attached hydrogens (tertiary/aromatic N) is 5. The molecule has 1 aromatic carbocycles. The molecule has 0 amide bonds. The third-order valence-corrected chi connectivity index (χ3v) is 5.29. The third kappa shape index (κ3) is 2.88. The van der Waals surface area contributed by atoms with Crippen molar-refractivity contribution in [3.8, 4) is 22.5 Å². The van der Waals surface area contributed by atoms with Gasteiger partial charge in [-0.2, -0.15) is 5.10 Å². The lowest BCUT2D eigenvalue weighted by Gasteiger charge is -2.11. The molecule has 0 atom stereocenters. The van der Waals surface area contributed by atoms with Crippen LogP contribution in [0.2, 0.25) is 0 Å². The fourth-order valence-corrected chi connectivity index (χ4v) is 4.13. The van der Waals surface area contributed by atoms with Gasteiger partial charge in [-0.05, 0) is 56.8 Å². The van der Waals surface area contributed by atoms with Gasteiger partial charge in [0.05, 0.1) is 16.9 Å². The van der Waals surface area contributed by atoms with Gasteiger partial charge in [0, 0.05) is 35.9 Å². The molecular weight excluding hydrogens is 346 g/mol. The van der Waals surface area contributed by atoms with E-state index >= 15 is 0 Å². The summed E-state index contributed by atoms with van der Waals surface area (Å²) in [6.07, 6.45) is 4.10. The Morgan fingerprint density at radius 3 is 2.82 bits per heavy atom. The smallest absolute Gasteiger partial charge is 0.119 e. The Hall–Kier alpha value is -3.05. The van der Waals surface area contributed by atoms with Crippen LogP contribution in [0.3, 0.4) is 0 Å². The van der Waals surface area contributed by atoms with E-state index in [2.05, 4.69) is 71.1 Å². The van der Waals surface area contributed by atoms with Crippen molar-refractivity contribution in [1.82, 2.24) is 24.6 Å². The molecule has 4 heterocycles. The quantitative estimate of drug-likeness (QED) is 0.542. The number of para-hydroxylation sites is 1. The topological polar surface area (TPSA) is 46.8 Å². The summed E-state index contributed by atoms with van der Waals surface area (Å²) in [7, 11) is 4.13. The van der Waals surface area contributed by atoms with Crippen molar-refractivity contribution in [2.75, 3.05) is 14.1 Å². The fourth-order valence-electron chi connectivity index (χ4n) is 4.13. The normalized spacial score (nSPS) is 13.4. The molecule has 1 aliphatic heterocycles. The molecule has 0 saturated heterocycles. The minimum absolute atomic E-state index is 0.814. The molecular formula is C23H23N5. The summed E-state index contributed by atoms with van der Waals surface area (Å²) in [5.74, 6) is 0. The van der Waals surface area contributed by atoms with Crippen molar-refractivity contribution in [3.63, 3.8) is 0 Å². The maximum atomic E-state index is 4.98. The Labute approximate surface area is 164 Å². The Morgan fingerprint density at radius 2 is 1.93 bits per heavy atom. The van der Waals surface area contributed by atoms with E-state index in [1.165, 1.54) is 22.2 Å². The highest BCUT2D eigenvalue weighted by molar-refractivity contribution is 5.98. The van der Waals surface area contributed by atoms with E-state index < -0.39 is 0 Å². The van der Waals surface area contributed by atoms with Gasteiger partial charge in [0.2, 0.25) is 0 Å². The fraction of sp³-hybridized carbons (Fsp3) is 0.261. The van der Waals surface area contributed by atoms with Crippen molar-refractivity contribution >= 4 is 10.9 Å². The van der Waals surface area contributed by atoms with Crippen LogP contribution in [-0.2, 0) is 19.5 Å². The van der Waals surface area contributed by atoms with Crippen LogP contribution in [0.15, 0.2) is 54.7 Å². The molecule has 0 unspecified atom stereocenters. The summed E-state index contributed by atoms with van der Waals surface area (Å²) in [5, 5.41) is 6.15. The number of hydrogen-bond acceptors (Lipinski definition) is 4. The van der Waals surface area contributed by atoms with Crippen LogP contribution >= 0.6 is 0 Å². The zero-order valence-corrected chi connectivity index (χ0v) is 16.3. The molecule has 28 heavy (non-hydrogen) atoms. The van der Waals surface area contributed by atoms with Gasteiger partial charge in [-0.1, -0.05) is 24.3 Å². The highest BCUT2D eigenvalue weighted by Gasteiger charge is 2.25. The first kappa shape index (κ1) is 17.1. The van der Waals surface area contributed by atoms with Gasteiger partial charge in [-0.3, -0.25) is 9.67 Å². The van der Waals surface area contributed by atoms with Crippen LogP contribution in [0.4, 0.5) is 0 Å². The van der Waals surface area contributed by atoms with Crippen LogP contribution in [0, 0.1) is 0 Å². The van der Waals surface area contributed by atoms with Gasteiger partial charge < -0.3 is 4.90 Å². The highest BCUT2D eigenvalue weighted by atomic mass is 15.3. The molecule has 0 radical (unpaired) electrons. The Balaban J connectivity index is 1.73. The summed E-state index contributed by atoms with van der Waals surface area (Å²) >= 11 is 0. The maximum absolute atomic E-state index is 4.98. The largest absolute Gasteiger partial charge is 0.304 e. The monoisotopic (exact) mass is 369 g/mol. The molecule has 140 valence electrons. The number of fused-ring (bicyclic) bond motifs is 2. The minimum atomic E-state index is 0.814. The number of aromatic nitrogens is 4. The molecule has 0 N–H and O–H groups in total. The van der Waals surface area contributed by atoms with Crippen molar-refractivity contribution in [2.45, 2.75) is 25.9 Å². The second kappa shape index (κ2) is 6.84. The van der Waals surface area contributed by atoms with Crippen LogP contribution in [0.5, 0.6) is 0 Å². The zero-order valence-electron chi connectivity index (χ0n) is 16.3. The lowest BCUT2D eigenvalue weighted by atomic mass is 9.96. The summed E-state index contributed by atoms with van der Waals surface area (Å²) in [6, 6.07) is 16.7. The molecule has 0 bridgehead atoms. The molecule has 5 rings (SSSR count). The SMILES string of the molecule is CN(C)Cc1cccc(-c2nn3c(c2-c2ccnc4ccccc24)CCC3)n1. The van der Waals surface area contributed by atoms with Crippen molar-refractivity contribution in [3.05, 3.63) is 66.1 Å². The molecule has 1 aliphatic rings. The highest BCUT2D eigenvalue weighted by Crippen LogP contribution is 2.39. The van der Waals surface area contributed by atoms with E-state index in [0.29, 0.717) is 0 Å². The Bertz CT molecular complexity index is 1150. The molecule has 3 aromatic heterocycles. The van der Waals surface area contributed by atoms with Crippen LogP contribution in [0.1, 0.15) is 17.8 Å². The summed E-state index contributed by atoms with van der Waals surface area (Å²) < 4.78 is 2.17. The number of hydrogen-bond donors (Lipinski definition) is 0. The third-order valence-electron chi connectivity index (χ3n) is 5.29. The summed E-state index contributed by atoms with van der Waals surface area (Å²) in [6.45, 7) is 1.79. The first-order valence-electron chi connectivity index (χ1n) is 9.75. The molecule has 0 aliphatic carbocycles. The first-order chi connectivity index (χ1) is 13.7. The zero-order chi connectivity index (χ0) is 19.1. The maximum Gasteiger partial charge on any atom is 0.119 e. The Morgan fingerprint density at radius 1 is 1.04 bits per heavy atom.